The fourth-order valence-electron chi connectivity index (χ4n) is 3.49. The Bertz CT molecular complexity index is 1130. The number of fused-ring (bicyclic) bond motifs is 1. The third kappa shape index (κ3) is 4.20. The number of piperazine rings is 1. The first-order valence-electron chi connectivity index (χ1n) is 9.85. The summed E-state index contributed by atoms with van der Waals surface area (Å²) >= 11 is 6.01. The smallest absolute Gasteiger partial charge is 0.260 e. The number of halogens is 1. The van der Waals surface area contributed by atoms with Crippen molar-refractivity contribution in [2.75, 3.05) is 39.8 Å². The van der Waals surface area contributed by atoms with Crippen LogP contribution in [0.25, 0.3) is 22.3 Å². The van der Waals surface area contributed by atoms with Gasteiger partial charge in [-0.2, -0.15) is 0 Å². The molecule has 0 radical (unpaired) electrons. The topological polar surface area (TPSA) is 63.0 Å². The highest BCUT2D eigenvalue weighted by Crippen LogP contribution is 2.32. The van der Waals surface area contributed by atoms with Gasteiger partial charge in [0.25, 0.3) is 5.91 Å². The predicted octanol–water partition coefficient (Wildman–Crippen LogP) is 3.57. The van der Waals surface area contributed by atoms with E-state index < -0.39 is 0 Å². The Kier molecular flexibility index (Phi) is 5.79. The minimum Gasteiger partial charge on any atom is -0.476 e. The van der Waals surface area contributed by atoms with Crippen LogP contribution in [0.15, 0.2) is 51.7 Å². The van der Waals surface area contributed by atoms with Crippen molar-refractivity contribution in [1.29, 1.82) is 0 Å². The van der Waals surface area contributed by atoms with Crippen LogP contribution in [-0.4, -0.2) is 55.5 Å². The number of likely N-dealkylation sites (N-methyl/N-ethyl adjacent to an activating group) is 1. The molecule has 0 spiro atoms. The van der Waals surface area contributed by atoms with Gasteiger partial charge in [0.2, 0.25) is 11.2 Å². The van der Waals surface area contributed by atoms with E-state index in [1.54, 1.807) is 35.2 Å². The van der Waals surface area contributed by atoms with Crippen LogP contribution in [0.4, 0.5) is 0 Å². The molecule has 0 unspecified atom stereocenters. The third-order valence-electron chi connectivity index (χ3n) is 5.31. The zero-order valence-corrected chi connectivity index (χ0v) is 17.7. The number of amides is 1. The largest absolute Gasteiger partial charge is 0.476 e. The van der Waals surface area contributed by atoms with Crippen LogP contribution in [0.3, 0.4) is 0 Å². The Labute approximate surface area is 179 Å². The van der Waals surface area contributed by atoms with Gasteiger partial charge in [0, 0.05) is 36.8 Å². The molecule has 0 atom stereocenters. The molecule has 3 aromatic rings. The second kappa shape index (κ2) is 8.50. The number of carbonyl (C=O) groups excluding carboxylic acids is 1. The van der Waals surface area contributed by atoms with Crippen molar-refractivity contribution in [2.24, 2.45) is 0 Å². The second-order valence-electron chi connectivity index (χ2n) is 7.57. The van der Waals surface area contributed by atoms with E-state index >= 15 is 0 Å². The molecule has 1 aliphatic rings. The van der Waals surface area contributed by atoms with E-state index in [2.05, 4.69) is 4.90 Å². The van der Waals surface area contributed by atoms with Crippen molar-refractivity contribution >= 4 is 28.5 Å². The van der Waals surface area contributed by atoms with Crippen LogP contribution in [0.2, 0.25) is 5.02 Å². The maximum atomic E-state index is 13.2. The Balaban J connectivity index is 1.70. The van der Waals surface area contributed by atoms with Gasteiger partial charge < -0.3 is 19.0 Å². The van der Waals surface area contributed by atoms with E-state index in [4.69, 9.17) is 20.8 Å². The number of carbonyl (C=O) groups is 1. The number of nitrogens with zero attached hydrogens (tertiary/aromatic N) is 2. The Morgan fingerprint density at radius 1 is 1.10 bits per heavy atom. The number of rotatable bonds is 4. The molecule has 2 aromatic carbocycles. The quantitative estimate of drug-likeness (QED) is 0.638. The molecule has 1 amide bonds. The maximum absolute atomic E-state index is 13.2. The molecule has 0 aliphatic carbocycles. The van der Waals surface area contributed by atoms with Gasteiger partial charge in [0.05, 0.1) is 5.39 Å². The van der Waals surface area contributed by atoms with Gasteiger partial charge in [0.15, 0.2) is 12.4 Å². The molecule has 30 heavy (non-hydrogen) atoms. The Morgan fingerprint density at radius 3 is 2.50 bits per heavy atom. The number of benzene rings is 2. The lowest BCUT2D eigenvalue weighted by molar-refractivity contribution is -0.134. The van der Waals surface area contributed by atoms with Crippen LogP contribution in [0.5, 0.6) is 5.75 Å². The monoisotopic (exact) mass is 426 g/mol. The molecule has 1 fully saturated rings. The summed E-state index contributed by atoms with van der Waals surface area (Å²) in [6.45, 7) is 4.65. The third-order valence-corrected chi connectivity index (χ3v) is 5.56. The fourth-order valence-corrected chi connectivity index (χ4v) is 3.61. The zero-order valence-electron chi connectivity index (χ0n) is 17.0. The average molecular weight is 427 g/mol. The molecule has 0 bridgehead atoms. The Morgan fingerprint density at radius 2 is 1.80 bits per heavy atom. The van der Waals surface area contributed by atoms with Gasteiger partial charge in [-0.05, 0) is 55.9 Å². The van der Waals surface area contributed by atoms with Gasteiger partial charge in [-0.15, -0.1) is 0 Å². The van der Waals surface area contributed by atoms with Crippen LogP contribution in [0.1, 0.15) is 5.56 Å². The molecule has 156 valence electrons. The molecule has 1 aliphatic heterocycles. The van der Waals surface area contributed by atoms with E-state index in [1.807, 2.05) is 26.1 Å². The molecule has 7 heteroatoms. The second-order valence-corrected chi connectivity index (χ2v) is 8.01. The molecule has 0 saturated carbocycles. The summed E-state index contributed by atoms with van der Waals surface area (Å²) in [5, 5.41) is 0.991. The molecule has 6 nitrogen and oxygen atoms in total. The highest BCUT2D eigenvalue weighted by molar-refractivity contribution is 6.30. The normalized spacial score (nSPS) is 14.8. The number of ether oxygens (including phenoxy) is 1. The van der Waals surface area contributed by atoms with Crippen molar-refractivity contribution in [3.8, 4) is 17.1 Å². The van der Waals surface area contributed by atoms with Gasteiger partial charge in [0.1, 0.15) is 5.58 Å². The molecule has 4 rings (SSSR count). The van der Waals surface area contributed by atoms with E-state index in [1.165, 1.54) is 0 Å². The van der Waals surface area contributed by atoms with E-state index in [0.717, 1.165) is 18.7 Å². The molecule has 0 N–H and O–H groups in total. The van der Waals surface area contributed by atoms with Gasteiger partial charge >= 0.3 is 0 Å². The van der Waals surface area contributed by atoms with Crippen molar-refractivity contribution in [2.45, 2.75) is 6.92 Å². The van der Waals surface area contributed by atoms with Crippen molar-refractivity contribution in [3.63, 3.8) is 0 Å². The minimum absolute atomic E-state index is 0.0381. The number of hydrogen-bond donors (Lipinski definition) is 0. The minimum atomic E-state index is -0.299. The van der Waals surface area contributed by atoms with Crippen LogP contribution in [0, 0.1) is 6.92 Å². The summed E-state index contributed by atoms with van der Waals surface area (Å²) in [6, 6.07) is 12.3. The fraction of sp³-hybridized carbons (Fsp3) is 0.304. The lowest BCUT2D eigenvalue weighted by Gasteiger charge is -2.32. The summed E-state index contributed by atoms with van der Waals surface area (Å²) in [6.07, 6.45) is 0. The first kappa shape index (κ1) is 20.4. The summed E-state index contributed by atoms with van der Waals surface area (Å²) in [4.78, 5) is 29.7. The highest BCUT2D eigenvalue weighted by Gasteiger charge is 2.22. The number of aryl methyl sites for hydroxylation is 1. The summed E-state index contributed by atoms with van der Waals surface area (Å²) < 4.78 is 11.9. The van der Waals surface area contributed by atoms with Crippen LogP contribution < -0.4 is 10.2 Å². The zero-order chi connectivity index (χ0) is 21.3. The molecular weight excluding hydrogens is 404 g/mol. The molecule has 1 saturated heterocycles. The van der Waals surface area contributed by atoms with Crippen molar-refractivity contribution in [1.82, 2.24) is 9.80 Å². The lowest BCUT2D eigenvalue weighted by Crippen LogP contribution is -2.48. The first-order chi connectivity index (χ1) is 14.4. The number of hydrogen-bond acceptors (Lipinski definition) is 5. The lowest BCUT2D eigenvalue weighted by atomic mass is 10.1. The van der Waals surface area contributed by atoms with Gasteiger partial charge in [-0.1, -0.05) is 17.7 Å². The maximum Gasteiger partial charge on any atom is 0.260 e. The van der Waals surface area contributed by atoms with E-state index in [0.29, 0.717) is 40.4 Å². The van der Waals surface area contributed by atoms with Crippen LogP contribution >= 0.6 is 11.6 Å². The summed E-state index contributed by atoms with van der Waals surface area (Å²) in [5.41, 5.74) is 1.81. The van der Waals surface area contributed by atoms with E-state index in [9.17, 15) is 9.59 Å². The molecule has 2 heterocycles. The molecular formula is C23H23ClN2O4. The van der Waals surface area contributed by atoms with E-state index in [-0.39, 0.29) is 23.7 Å². The van der Waals surface area contributed by atoms with Gasteiger partial charge in [-0.25, -0.2) is 0 Å². The molecule has 1 aromatic heterocycles. The highest BCUT2D eigenvalue weighted by atomic mass is 35.5. The predicted molar refractivity (Wildman–Crippen MR) is 117 cm³/mol. The van der Waals surface area contributed by atoms with Crippen molar-refractivity contribution in [3.05, 3.63) is 63.3 Å². The Hall–Kier alpha value is -2.83. The average Bonchev–Trinajstić information content (AvgIpc) is 2.73. The SMILES string of the molecule is Cc1ccc2c(=O)c(OCC(=O)N3CCN(C)CC3)c(-c3ccc(Cl)cc3)oc2c1. The summed E-state index contributed by atoms with van der Waals surface area (Å²) in [7, 11) is 2.03. The standard InChI is InChI=1S/C23H23ClN2O4/c1-15-3-8-18-19(13-15)30-22(16-4-6-17(24)7-5-16)23(21(18)28)29-14-20(27)26-11-9-25(2)10-12-26/h3-8,13H,9-12,14H2,1-2H3. The summed E-state index contributed by atoms with van der Waals surface area (Å²) in [5.74, 6) is 0.186. The van der Waals surface area contributed by atoms with Gasteiger partial charge in [-0.3, -0.25) is 9.59 Å². The first-order valence-corrected chi connectivity index (χ1v) is 10.2. The van der Waals surface area contributed by atoms with Crippen molar-refractivity contribution < 1.29 is 13.9 Å². The van der Waals surface area contributed by atoms with Crippen LogP contribution in [-0.2, 0) is 4.79 Å².